The van der Waals surface area contributed by atoms with Gasteiger partial charge in [-0.2, -0.15) is 5.10 Å². The van der Waals surface area contributed by atoms with Crippen molar-refractivity contribution in [1.82, 2.24) is 19.6 Å². The molecule has 3 aromatic rings. The van der Waals surface area contributed by atoms with Crippen LogP contribution in [0.2, 0.25) is 0 Å². The van der Waals surface area contributed by atoms with Gasteiger partial charge in [-0.25, -0.2) is 4.79 Å². The summed E-state index contributed by atoms with van der Waals surface area (Å²) in [5, 5.41) is 7.17. The highest BCUT2D eigenvalue weighted by atomic mass is 16.2. The summed E-state index contributed by atoms with van der Waals surface area (Å²) in [7, 11) is 0. The van der Waals surface area contributed by atoms with E-state index >= 15 is 0 Å². The number of piperazine rings is 1. The number of rotatable bonds is 5. The fourth-order valence-corrected chi connectivity index (χ4v) is 3.87. The van der Waals surface area contributed by atoms with Crippen molar-refractivity contribution in [3.63, 3.8) is 0 Å². The van der Waals surface area contributed by atoms with E-state index < -0.39 is 0 Å². The van der Waals surface area contributed by atoms with Crippen LogP contribution in [0.3, 0.4) is 0 Å². The van der Waals surface area contributed by atoms with Crippen LogP contribution in [-0.2, 0) is 6.54 Å². The predicted molar refractivity (Wildman–Crippen MR) is 115 cm³/mol. The van der Waals surface area contributed by atoms with Gasteiger partial charge in [0.15, 0.2) is 0 Å². The highest BCUT2D eigenvalue weighted by Crippen LogP contribution is 2.29. The molecular weight excluding hydrogens is 362 g/mol. The summed E-state index contributed by atoms with van der Waals surface area (Å²) >= 11 is 0. The average Bonchev–Trinajstić information content (AvgIpc) is 3.23. The minimum Gasteiger partial charge on any atom is -0.322 e. The highest BCUT2D eigenvalue weighted by Gasteiger charge is 2.28. The zero-order chi connectivity index (χ0) is 20.1. The van der Waals surface area contributed by atoms with Crippen molar-refractivity contribution in [3.8, 4) is 0 Å². The molecule has 1 aliphatic rings. The van der Waals surface area contributed by atoms with Crippen LogP contribution < -0.4 is 5.32 Å². The maximum Gasteiger partial charge on any atom is 0.322 e. The second-order valence-corrected chi connectivity index (χ2v) is 7.26. The first-order chi connectivity index (χ1) is 14.2. The zero-order valence-corrected chi connectivity index (χ0v) is 16.7. The molecule has 0 bridgehead atoms. The van der Waals surface area contributed by atoms with Gasteiger partial charge >= 0.3 is 6.03 Å². The van der Waals surface area contributed by atoms with Gasteiger partial charge in [0, 0.05) is 38.9 Å². The largest absolute Gasteiger partial charge is 0.322 e. The van der Waals surface area contributed by atoms with Gasteiger partial charge < -0.3 is 10.2 Å². The Morgan fingerprint density at radius 2 is 1.55 bits per heavy atom. The first-order valence-corrected chi connectivity index (χ1v) is 10.2. The maximum absolute atomic E-state index is 12.6. The predicted octanol–water partition coefficient (Wildman–Crippen LogP) is 3.84. The molecule has 6 nitrogen and oxygen atoms in total. The number of hydrogen-bond donors (Lipinski definition) is 1. The van der Waals surface area contributed by atoms with E-state index in [1.165, 1.54) is 11.1 Å². The molecule has 0 radical (unpaired) electrons. The minimum atomic E-state index is -0.0590. The van der Waals surface area contributed by atoms with Crippen molar-refractivity contribution in [2.45, 2.75) is 19.5 Å². The number of benzene rings is 2. The average molecular weight is 390 g/mol. The fraction of sp³-hybridized carbons (Fsp3) is 0.304. The summed E-state index contributed by atoms with van der Waals surface area (Å²) in [6, 6.07) is 21.3. The summed E-state index contributed by atoms with van der Waals surface area (Å²) in [5.74, 6) is 0. The van der Waals surface area contributed by atoms with E-state index in [1.54, 1.807) is 10.9 Å². The number of carbonyl (C=O) groups excluding carboxylic acids is 1. The van der Waals surface area contributed by atoms with E-state index in [4.69, 9.17) is 0 Å². The van der Waals surface area contributed by atoms with Crippen molar-refractivity contribution >= 4 is 11.7 Å². The topological polar surface area (TPSA) is 53.4 Å². The molecule has 0 atom stereocenters. The fourth-order valence-electron chi connectivity index (χ4n) is 3.87. The van der Waals surface area contributed by atoms with E-state index in [2.05, 4.69) is 76.0 Å². The molecule has 6 heteroatoms. The van der Waals surface area contributed by atoms with Crippen LogP contribution in [0.15, 0.2) is 73.1 Å². The molecule has 29 heavy (non-hydrogen) atoms. The smallest absolute Gasteiger partial charge is 0.322 e. The molecular formula is C23H27N5O. The Hall–Kier alpha value is -3.12. The van der Waals surface area contributed by atoms with Crippen molar-refractivity contribution in [2.75, 3.05) is 31.5 Å². The lowest BCUT2D eigenvalue weighted by Crippen LogP contribution is -2.51. The van der Waals surface area contributed by atoms with E-state index in [1.807, 2.05) is 18.0 Å². The van der Waals surface area contributed by atoms with Crippen LogP contribution >= 0.6 is 0 Å². The lowest BCUT2D eigenvalue weighted by molar-refractivity contribution is 0.126. The number of aryl methyl sites for hydroxylation is 1. The summed E-state index contributed by atoms with van der Waals surface area (Å²) in [5.41, 5.74) is 3.30. The van der Waals surface area contributed by atoms with Crippen LogP contribution in [0, 0.1) is 0 Å². The first kappa shape index (κ1) is 19.2. The summed E-state index contributed by atoms with van der Waals surface area (Å²) < 4.78 is 1.80. The Morgan fingerprint density at radius 3 is 2.07 bits per heavy atom. The lowest BCUT2D eigenvalue weighted by atomic mass is 9.96. The first-order valence-electron chi connectivity index (χ1n) is 10.2. The van der Waals surface area contributed by atoms with Crippen LogP contribution in [0.1, 0.15) is 24.1 Å². The van der Waals surface area contributed by atoms with Gasteiger partial charge in [0.1, 0.15) is 0 Å². The standard InChI is InChI=1S/C23H27N5O/c1-2-28-18-21(17-24-28)25-23(29)27-15-13-26(14-16-27)22(19-9-5-3-6-10-19)20-11-7-4-8-12-20/h3-12,17-18,22H,2,13-16H2,1H3,(H,25,29). The Bertz CT molecular complexity index is 877. The Balaban J connectivity index is 1.43. The normalized spacial score (nSPS) is 14.9. The second kappa shape index (κ2) is 8.92. The Kier molecular flexibility index (Phi) is 5.91. The molecule has 0 unspecified atom stereocenters. The number of nitrogens with one attached hydrogen (secondary N) is 1. The summed E-state index contributed by atoms with van der Waals surface area (Å²) in [4.78, 5) is 17.0. The molecule has 1 fully saturated rings. The van der Waals surface area contributed by atoms with E-state index in [0.717, 1.165) is 25.3 Å². The van der Waals surface area contributed by atoms with Crippen molar-refractivity contribution in [3.05, 3.63) is 84.2 Å². The molecule has 2 heterocycles. The lowest BCUT2D eigenvalue weighted by Gasteiger charge is -2.39. The van der Waals surface area contributed by atoms with Gasteiger partial charge in [0.05, 0.1) is 17.9 Å². The molecule has 1 N–H and O–H groups in total. The number of aromatic nitrogens is 2. The quantitative estimate of drug-likeness (QED) is 0.721. The number of hydrogen-bond acceptors (Lipinski definition) is 3. The number of urea groups is 1. The van der Waals surface area contributed by atoms with E-state index in [9.17, 15) is 4.79 Å². The van der Waals surface area contributed by atoms with Crippen LogP contribution in [0.5, 0.6) is 0 Å². The molecule has 0 aliphatic carbocycles. The van der Waals surface area contributed by atoms with Crippen molar-refractivity contribution < 1.29 is 4.79 Å². The van der Waals surface area contributed by atoms with Gasteiger partial charge in [-0.3, -0.25) is 9.58 Å². The number of nitrogens with zero attached hydrogens (tertiary/aromatic N) is 4. The van der Waals surface area contributed by atoms with Crippen LogP contribution in [-0.4, -0.2) is 51.8 Å². The van der Waals surface area contributed by atoms with Crippen LogP contribution in [0.25, 0.3) is 0 Å². The monoisotopic (exact) mass is 389 g/mol. The number of carbonyl (C=O) groups is 1. The summed E-state index contributed by atoms with van der Waals surface area (Å²) in [6.07, 6.45) is 3.55. The third kappa shape index (κ3) is 4.49. The van der Waals surface area contributed by atoms with Crippen molar-refractivity contribution in [1.29, 1.82) is 0 Å². The minimum absolute atomic E-state index is 0.0590. The molecule has 1 aliphatic heterocycles. The Labute approximate surface area is 171 Å². The van der Waals surface area contributed by atoms with Crippen molar-refractivity contribution in [2.24, 2.45) is 0 Å². The SMILES string of the molecule is CCn1cc(NC(=O)N2CCN(C(c3ccccc3)c3ccccc3)CC2)cn1. The highest BCUT2D eigenvalue weighted by molar-refractivity contribution is 5.89. The third-order valence-corrected chi connectivity index (χ3v) is 5.41. The zero-order valence-electron chi connectivity index (χ0n) is 16.7. The molecule has 2 aromatic carbocycles. The van der Waals surface area contributed by atoms with Crippen LogP contribution in [0.4, 0.5) is 10.5 Å². The molecule has 2 amide bonds. The third-order valence-electron chi connectivity index (χ3n) is 5.41. The van der Waals surface area contributed by atoms with Gasteiger partial charge in [-0.15, -0.1) is 0 Å². The second-order valence-electron chi connectivity index (χ2n) is 7.26. The van der Waals surface area contributed by atoms with Gasteiger partial charge in [-0.05, 0) is 18.1 Å². The van der Waals surface area contributed by atoms with E-state index in [-0.39, 0.29) is 12.1 Å². The molecule has 0 spiro atoms. The maximum atomic E-state index is 12.6. The summed E-state index contributed by atoms with van der Waals surface area (Å²) in [6.45, 7) is 5.86. The molecule has 1 saturated heterocycles. The number of amides is 2. The van der Waals surface area contributed by atoms with Gasteiger partial charge in [0.25, 0.3) is 0 Å². The number of anilines is 1. The molecule has 1 aromatic heterocycles. The molecule has 150 valence electrons. The van der Waals surface area contributed by atoms with Gasteiger partial charge in [0.2, 0.25) is 0 Å². The molecule has 0 saturated carbocycles. The van der Waals surface area contributed by atoms with E-state index in [0.29, 0.717) is 13.1 Å². The molecule has 4 rings (SSSR count). The van der Waals surface area contributed by atoms with Gasteiger partial charge in [-0.1, -0.05) is 60.7 Å². The Morgan fingerprint density at radius 1 is 0.966 bits per heavy atom.